The standard InChI is InChI=1S/C19H22N4O2S/c24-18(13-1-6-20-7-2-13)22-16-5-10-26-17(16)19(25)23-8-3-14-11-21-12-15(14)4-9-23/h1-2,5-7,10,14-15,21H,3-4,8-9,11-12H2,(H,22,24)/t14-,15+. The summed E-state index contributed by atoms with van der Waals surface area (Å²) < 4.78 is 0. The van der Waals surface area contributed by atoms with Crippen LogP contribution in [0.25, 0.3) is 0 Å². The molecule has 2 aromatic heterocycles. The van der Waals surface area contributed by atoms with Crippen LogP contribution in [0.2, 0.25) is 0 Å². The number of nitrogens with zero attached hydrogens (tertiary/aromatic N) is 2. The minimum absolute atomic E-state index is 0.0259. The van der Waals surface area contributed by atoms with Crippen LogP contribution in [-0.2, 0) is 0 Å². The van der Waals surface area contributed by atoms with Crippen LogP contribution in [0.15, 0.2) is 36.0 Å². The fourth-order valence-electron chi connectivity index (χ4n) is 3.84. The third-order valence-corrected chi connectivity index (χ3v) is 6.26. The highest BCUT2D eigenvalue weighted by atomic mass is 32.1. The first-order valence-corrected chi connectivity index (χ1v) is 9.89. The maximum atomic E-state index is 13.0. The van der Waals surface area contributed by atoms with Crippen LogP contribution in [0.5, 0.6) is 0 Å². The molecule has 0 radical (unpaired) electrons. The Morgan fingerprint density at radius 1 is 1.12 bits per heavy atom. The molecule has 2 atom stereocenters. The van der Waals surface area contributed by atoms with Crippen LogP contribution in [0, 0.1) is 11.8 Å². The van der Waals surface area contributed by atoms with Gasteiger partial charge in [-0.2, -0.15) is 0 Å². The lowest BCUT2D eigenvalue weighted by Crippen LogP contribution is -2.32. The van der Waals surface area contributed by atoms with Crippen molar-refractivity contribution in [2.75, 3.05) is 31.5 Å². The van der Waals surface area contributed by atoms with Crippen LogP contribution >= 0.6 is 11.3 Å². The number of nitrogens with one attached hydrogen (secondary N) is 2. The molecule has 2 aromatic rings. The van der Waals surface area contributed by atoms with Gasteiger partial charge in [0.1, 0.15) is 4.88 Å². The van der Waals surface area contributed by atoms with Gasteiger partial charge < -0.3 is 15.5 Å². The van der Waals surface area contributed by atoms with Crippen molar-refractivity contribution in [3.63, 3.8) is 0 Å². The Morgan fingerprint density at radius 3 is 2.50 bits per heavy atom. The lowest BCUT2D eigenvalue weighted by atomic mass is 9.92. The van der Waals surface area contributed by atoms with Gasteiger partial charge in [0, 0.05) is 31.0 Å². The summed E-state index contributed by atoms with van der Waals surface area (Å²) >= 11 is 1.39. The van der Waals surface area contributed by atoms with E-state index in [0.717, 1.165) is 39.0 Å². The lowest BCUT2D eigenvalue weighted by Gasteiger charge is -2.21. The molecule has 26 heavy (non-hydrogen) atoms. The fraction of sp³-hybridized carbons (Fsp3) is 0.421. The minimum Gasteiger partial charge on any atom is -0.338 e. The highest BCUT2D eigenvalue weighted by molar-refractivity contribution is 7.12. The monoisotopic (exact) mass is 370 g/mol. The average Bonchev–Trinajstić information content (AvgIpc) is 3.27. The molecule has 2 aliphatic rings. The Morgan fingerprint density at radius 2 is 1.81 bits per heavy atom. The van der Waals surface area contributed by atoms with Crippen LogP contribution in [0.1, 0.15) is 32.9 Å². The summed E-state index contributed by atoms with van der Waals surface area (Å²) in [4.78, 5) is 31.9. The summed E-state index contributed by atoms with van der Waals surface area (Å²) in [7, 11) is 0. The number of aromatic nitrogens is 1. The zero-order valence-electron chi connectivity index (χ0n) is 14.5. The van der Waals surface area contributed by atoms with Gasteiger partial charge >= 0.3 is 0 Å². The summed E-state index contributed by atoms with van der Waals surface area (Å²) in [5.74, 6) is 1.17. The van der Waals surface area contributed by atoms with E-state index < -0.39 is 0 Å². The molecule has 0 saturated carbocycles. The molecular weight excluding hydrogens is 348 g/mol. The number of carbonyl (C=O) groups is 2. The molecule has 2 aliphatic heterocycles. The van der Waals surface area contributed by atoms with Gasteiger partial charge in [0.15, 0.2) is 0 Å². The lowest BCUT2D eigenvalue weighted by molar-refractivity contribution is 0.0764. The van der Waals surface area contributed by atoms with Crippen molar-refractivity contribution in [2.24, 2.45) is 11.8 Å². The van der Waals surface area contributed by atoms with Gasteiger partial charge in [-0.05, 0) is 61.3 Å². The normalized spacial score (nSPS) is 22.5. The highest BCUT2D eigenvalue weighted by Gasteiger charge is 2.32. The smallest absolute Gasteiger partial charge is 0.266 e. The molecule has 7 heteroatoms. The third kappa shape index (κ3) is 3.50. The second kappa shape index (κ2) is 7.55. The number of carbonyl (C=O) groups excluding carboxylic acids is 2. The van der Waals surface area contributed by atoms with E-state index in [4.69, 9.17) is 0 Å². The topological polar surface area (TPSA) is 74.3 Å². The van der Waals surface area contributed by atoms with E-state index in [2.05, 4.69) is 15.6 Å². The van der Waals surface area contributed by atoms with Crippen molar-refractivity contribution in [1.29, 1.82) is 0 Å². The number of hydrogen-bond donors (Lipinski definition) is 2. The van der Waals surface area contributed by atoms with Crippen molar-refractivity contribution in [2.45, 2.75) is 12.8 Å². The van der Waals surface area contributed by atoms with E-state index in [1.165, 1.54) is 11.3 Å². The largest absolute Gasteiger partial charge is 0.338 e. The van der Waals surface area contributed by atoms with E-state index in [0.29, 0.717) is 28.0 Å². The second-order valence-corrected chi connectivity index (χ2v) is 7.82. The Bertz CT molecular complexity index is 778. The van der Waals surface area contributed by atoms with Gasteiger partial charge in [0.25, 0.3) is 11.8 Å². The van der Waals surface area contributed by atoms with Crippen LogP contribution < -0.4 is 10.6 Å². The molecule has 136 valence electrons. The van der Waals surface area contributed by atoms with Crippen LogP contribution in [0.4, 0.5) is 5.69 Å². The molecular formula is C19H22N4O2S. The predicted molar refractivity (Wildman–Crippen MR) is 101 cm³/mol. The van der Waals surface area contributed by atoms with Gasteiger partial charge in [-0.15, -0.1) is 11.3 Å². The van der Waals surface area contributed by atoms with Gasteiger partial charge in [-0.25, -0.2) is 0 Å². The zero-order chi connectivity index (χ0) is 17.9. The number of thiophene rings is 1. The van der Waals surface area contributed by atoms with E-state index in [1.54, 1.807) is 30.6 Å². The summed E-state index contributed by atoms with van der Waals surface area (Å²) in [5.41, 5.74) is 1.12. The van der Waals surface area contributed by atoms with E-state index >= 15 is 0 Å². The molecule has 4 rings (SSSR count). The molecule has 0 unspecified atom stereocenters. The number of pyridine rings is 1. The molecule has 0 spiro atoms. The molecule has 0 aliphatic carbocycles. The minimum atomic E-state index is -0.226. The summed E-state index contributed by atoms with van der Waals surface area (Å²) in [6.07, 6.45) is 5.26. The average molecular weight is 370 g/mol. The Hall–Kier alpha value is -2.25. The van der Waals surface area contributed by atoms with Crippen molar-refractivity contribution in [1.82, 2.24) is 15.2 Å². The van der Waals surface area contributed by atoms with Crippen molar-refractivity contribution in [3.05, 3.63) is 46.4 Å². The van der Waals surface area contributed by atoms with Gasteiger partial charge in [0.05, 0.1) is 5.69 Å². The molecule has 2 saturated heterocycles. The molecule has 4 heterocycles. The Labute approximate surface area is 156 Å². The third-order valence-electron chi connectivity index (χ3n) is 5.36. The van der Waals surface area contributed by atoms with E-state index in [9.17, 15) is 9.59 Å². The van der Waals surface area contributed by atoms with Crippen molar-refractivity contribution < 1.29 is 9.59 Å². The molecule has 2 amide bonds. The number of hydrogen-bond acceptors (Lipinski definition) is 5. The first-order valence-electron chi connectivity index (χ1n) is 9.01. The number of amides is 2. The van der Waals surface area contributed by atoms with Crippen LogP contribution in [-0.4, -0.2) is 47.9 Å². The molecule has 6 nitrogen and oxygen atoms in total. The molecule has 0 aromatic carbocycles. The second-order valence-electron chi connectivity index (χ2n) is 6.90. The first kappa shape index (κ1) is 17.2. The van der Waals surface area contributed by atoms with Crippen molar-refractivity contribution in [3.8, 4) is 0 Å². The zero-order valence-corrected chi connectivity index (χ0v) is 15.3. The Balaban J connectivity index is 1.46. The molecule has 2 N–H and O–H groups in total. The van der Waals surface area contributed by atoms with Gasteiger partial charge in [0.2, 0.25) is 0 Å². The molecule has 2 fully saturated rings. The number of rotatable bonds is 3. The van der Waals surface area contributed by atoms with E-state index in [-0.39, 0.29) is 11.8 Å². The summed E-state index contributed by atoms with van der Waals surface area (Å²) in [6.45, 7) is 3.71. The predicted octanol–water partition coefficient (Wildman–Crippen LogP) is 2.47. The summed E-state index contributed by atoms with van der Waals surface area (Å²) in [6, 6.07) is 5.11. The SMILES string of the molecule is O=C(Nc1ccsc1C(=O)N1CC[C@@H]2CNC[C@@H]2CC1)c1ccncc1. The summed E-state index contributed by atoms with van der Waals surface area (Å²) in [5, 5.41) is 8.18. The van der Waals surface area contributed by atoms with Gasteiger partial charge in [-0.1, -0.05) is 0 Å². The molecule has 0 bridgehead atoms. The quantitative estimate of drug-likeness (QED) is 0.870. The van der Waals surface area contributed by atoms with Gasteiger partial charge in [-0.3, -0.25) is 14.6 Å². The first-order chi connectivity index (χ1) is 12.7. The van der Waals surface area contributed by atoms with Crippen molar-refractivity contribution >= 4 is 28.8 Å². The fourth-order valence-corrected chi connectivity index (χ4v) is 4.65. The maximum Gasteiger partial charge on any atom is 0.266 e. The highest BCUT2D eigenvalue weighted by Crippen LogP contribution is 2.30. The Kier molecular flexibility index (Phi) is 4.99. The number of anilines is 1. The van der Waals surface area contributed by atoms with Crippen LogP contribution in [0.3, 0.4) is 0 Å². The number of fused-ring (bicyclic) bond motifs is 1. The maximum absolute atomic E-state index is 13.0. The number of likely N-dealkylation sites (tertiary alicyclic amines) is 1. The van der Waals surface area contributed by atoms with E-state index in [1.807, 2.05) is 10.3 Å².